The number of nitrogens with zero attached hydrogens (tertiary/aromatic N) is 3. The molecule has 3 rings (SSSR count). The number of morpholine rings is 1. The summed E-state index contributed by atoms with van der Waals surface area (Å²) in [5, 5.41) is 0. The Morgan fingerprint density at radius 3 is 2.17 bits per heavy atom. The summed E-state index contributed by atoms with van der Waals surface area (Å²) in [7, 11) is 0. The van der Waals surface area contributed by atoms with Crippen molar-refractivity contribution in [2.24, 2.45) is 15.8 Å². The van der Waals surface area contributed by atoms with Gasteiger partial charge in [-0.3, -0.25) is 9.89 Å². The lowest BCUT2D eigenvalue weighted by molar-refractivity contribution is 0.0195. The lowest BCUT2D eigenvalue weighted by Gasteiger charge is -2.41. The SMILES string of the molecule is C[C@@H]1N=C(C(C)(C)C)N2C[C@H](N3CCOCC3)CC2=C1C(C)(C)C. The molecule has 0 spiro atoms. The Hall–Kier alpha value is -0.870. The Bertz CT molecular complexity index is 544. The van der Waals surface area contributed by atoms with Crippen molar-refractivity contribution >= 4 is 5.84 Å². The number of fused-ring (bicyclic) bond motifs is 1. The maximum atomic E-state index is 5.55. The van der Waals surface area contributed by atoms with Crippen LogP contribution in [0.15, 0.2) is 16.3 Å². The quantitative estimate of drug-likeness (QED) is 0.735. The molecule has 0 bridgehead atoms. The van der Waals surface area contributed by atoms with Gasteiger partial charge in [0, 0.05) is 43.2 Å². The average molecular weight is 334 g/mol. The minimum atomic E-state index is 0.0861. The van der Waals surface area contributed by atoms with Gasteiger partial charge < -0.3 is 9.64 Å². The maximum Gasteiger partial charge on any atom is 0.109 e. The third kappa shape index (κ3) is 3.28. The molecule has 3 aliphatic heterocycles. The van der Waals surface area contributed by atoms with E-state index in [9.17, 15) is 0 Å². The predicted molar refractivity (Wildman–Crippen MR) is 100 cm³/mol. The second kappa shape index (κ2) is 6.14. The van der Waals surface area contributed by atoms with Gasteiger partial charge >= 0.3 is 0 Å². The summed E-state index contributed by atoms with van der Waals surface area (Å²) in [5.41, 5.74) is 3.33. The molecule has 24 heavy (non-hydrogen) atoms. The first-order valence-electron chi connectivity index (χ1n) is 9.50. The molecule has 2 saturated heterocycles. The van der Waals surface area contributed by atoms with Crippen molar-refractivity contribution in [3.63, 3.8) is 0 Å². The van der Waals surface area contributed by atoms with E-state index < -0.39 is 0 Å². The van der Waals surface area contributed by atoms with Crippen LogP contribution in [0, 0.1) is 10.8 Å². The molecule has 2 fully saturated rings. The summed E-state index contributed by atoms with van der Waals surface area (Å²) in [4.78, 5) is 10.3. The topological polar surface area (TPSA) is 28.1 Å². The van der Waals surface area contributed by atoms with Crippen LogP contribution >= 0.6 is 0 Å². The minimum absolute atomic E-state index is 0.0861. The Labute approximate surface area is 147 Å². The molecule has 0 saturated carbocycles. The molecule has 4 heteroatoms. The minimum Gasteiger partial charge on any atom is -0.379 e. The molecular formula is C20H35N3O. The van der Waals surface area contributed by atoms with Crippen LogP contribution in [0.3, 0.4) is 0 Å². The van der Waals surface area contributed by atoms with Gasteiger partial charge in [-0.25, -0.2) is 0 Å². The zero-order valence-corrected chi connectivity index (χ0v) is 16.6. The highest BCUT2D eigenvalue weighted by molar-refractivity contribution is 5.90. The van der Waals surface area contributed by atoms with Gasteiger partial charge in [0.2, 0.25) is 0 Å². The van der Waals surface area contributed by atoms with Gasteiger partial charge in [0.15, 0.2) is 0 Å². The number of rotatable bonds is 1. The van der Waals surface area contributed by atoms with Crippen molar-refractivity contribution in [1.29, 1.82) is 0 Å². The van der Waals surface area contributed by atoms with Crippen molar-refractivity contribution in [3.8, 4) is 0 Å². The highest BCUT2D eigenvalue weighted by Gasteiger charge is 2.43. The number of hydrogen-bond acceptors (Lipinski definition) is 4. The van der Waals surface area contributed by atoms with Crippen LogP contribution in [0.5, 0.6) is 0 Å². The molecule has 0 N–H and O–H groups in total. The predicted octanol–water partition coefficient (Wildman–Crippen LogP) is 3.54. The van der Waals surface area contributed by atoms with Crippen LogP contribution in [-0.4, -0.2) is 60.6 Å². The van der Waals surface area contributed by atoms with Crippen LogP contribution in [0.25, 0.3) is 0 Å². The third-order valence-electron chi connectivity index (χ3n) is 5.49. The second-order valence-electron chi connectivity index (χ2n) is 9.61. The second-order valence-corrected chi connectivity index (χ2v) is 9.61. The highest BCUT2D eigenvalue weighted by atomic mass is 16.5. The van der Waals surface area contributed by atoms with Gasteiger partial charge in [0.25, 0.3) is 0 Å². The average Bonchev–Trinajstić information content (AvgIpc) is 2.89. The standard InChI is InChI=1S/C20H35N3O/c1-14-17(19(2,3)4)16-12-15(22-8-10-24-11-9-22)13-23(16)18(21-14)20(5,6)7/h14-15H,8-13H2,1-7H3/t14-,15+/m0/s1. The van der Waals surface area contributed by atoms with E-state index in [0.717, 1.165) is 39.3 Å². The molecule has 0 amide bonds. The van der Waals surface area contributed by atoms with E-state index in [4.69, 9.17) is 9.73 Å². The lowest BCUT2D eigenvalue weighted by Crippen LogP contribution is -2.47. The van der Waals surface area contributed by atoms with Crippen LogP contribution < -0.4 is 0 Å². The Balaban J connectivity index is 1.97. The summed E-state index contributed by atoms with van der Waals surface area (Å²) in [5.74, 6) is 1.27. The summed E-state index contributed by atoms with van der Waals surface area (Å²) in [6, 6.07) is 0.882. The van der Waals surface area contributed by atoms with E-state index in [1.165, 1.54) is 11.4 Å². The molecule has 3 heterocycles. The Morgan fingerprint density at radius 1 is 1.00 bits per heavy atom. The lowest BCUT2D eigenvalue weighted by atomic mass is 9.79. The van der Waals surface area contributed by atoms with Gasteiger partial charge in [-0.1, -0.05) is 41.5 Å². The maximum absolute atomic E-state index is 5.55. The first-order chi connectivity index (χ1) is 11.1. The normalized spacial score (nSPS) is 29.8. The smallest absolute Gasteiger partial charge is 0.109 e. The monoisotopic (exact) mass is 333 g/mol. The number of hydrogen-bond donors (Lipinski definition) is 0. The Morgan fingerprint density at radius 2 is 1.62 bits per heavy atom. The van der Waals surface area contributed by atoms with E-state index in [2.05, 4.69) is 58.3 Å². The molecule has 0 aromatic carbocycles. The first-order valence-corrected chi connectivity index (χ1v) is 9.50. The molecule has 136 valence electrons. The fourth-order valence-electron chi connectivity index (χ4n) is 4.59. The zero-order chi connectivity index (χ0) is 17.7. The molecule has 0 aliphatic carbocycles. The van der Waals surface area contributed by atoms with Crippen molar-refractivity contribution in [2.45, 2.75) is 67.0 Å². The van der Waals surface area contributed by atoms with Crippen molar-refractivity contribution in [1.82, 2.24) is 9.80 Å². The molecule has 3 aliphatic rings. The summed E-state index contributed by atoms with van der Waals surface area (Å²) in [6.07, 6.45) is 1.16. The van der Waals surface area contributed by atoms with Crippen molar-refractivity contribution < 1.29 is 4.74 Å². The summed E-state index contributed by atoms with van der Waals surface area (Å²) in [6.45, 7) is 21.1. The van der Waals surface area contributed by atoms with Crippen molar-refractivity contribution in [2.75, 3.05) is 32.8 Å². The fourth-order valence-corrected chi connectivity index (χ4v) is 4.59. The van der Waals surface area contributed by atoms with E-state index in [1.807, 2.05) is 0 Å². The molecule has 0 aromatic rings. The fraction of sp³-hybridized carbons (Fsp3) is 0.850. The van der Waals surface area contributed by atoms with Gasteiger partial charge in [0.1, 0.15) is 5.84 Å². The number of amidine groups is 1. The zero-order valence-electron chi connectivity index (χ0n) is 16.6. The molecule has 4 nitrogen and oxygen atoms in total. The first kappa shape index (κ1) is 17.9. The van der Waals surface area contributed by atoms with Gasteiger partial charge in [-0.15, -0.1) is 0 Å². The molecule has 0 aromatic heterocycles. The number of ether oxygens (including phenoxy) is 1. The molecular weight excluding hydrogens is 298 g/mol. The number of aliphatic imine (C=N–C) groups is 1. The van der Waals surface area contributed by atoms with E-state index in [1.54, 1.807) is 5.70 Å². The van der Waals surface area contributed by atoms with E-state index in [0.29, 0.717) is 6.04 Å². The molecule has 2 atom stereocenters. The summed E-state index contributed by atoms with van der Waals surface area (Å²) >= 11 is 0. The van der Waals surface area contributed by atoms with Gasteiger partial charge in [0.05, 0.1) is 19.3 Å². The van der Waals surface area contributed by atoms with Gasteiger partial charge in [-0.2, -0.15) is 0 Å². The van der Waals surface area contributed by atoms with Crippen LogP contribution in [-0.2, 0) is 4.74 Å². The van der Waals surface area contributed by atoms with E-state index >= 15 is 0 Å². The van der Waals surface area contributed by atoms with Crippen LogP contribution in [0.2, 0.25) is 0 Å². The Kier molecular flexibility index (Phi) is 4.59. The van der Waals surface area contributed by atoms with E-state index in [-0.39, 0.29) is 16.9 Å². The molecule has 0 unspecified atom stereocenters. The highest BCUT2D eigenvalue weighted by Crippen LogP contribution is 2.43. The molecule has 0 radical (unpaired) electrons. The third-order valence-corrected chi connectivity index (χ3v) is 5.49. The summed E-state index contributed by atoms with van der Waals surface area (Å²) < 4.78 is 5.55. The van der Waals surface area contributed by atoms with Crippen molar-refractivity contribution in [3.05, 3.63) is 11.3 Å². The largest absolute Gasteiger partial charge is 0.379 e. The van der Waals surface area contributed by atoms with Crippen LogP contribution in [0.4, 0.5) is 0 Å². The van der Waals surface area contributed by atoms with Crippen LogP contribution in [0.1, 0.15) is 54.9 Å². The van der Waals surface area contributed by atoms with Gasteiger partial charge in [-0.05, 0) is 17.9 Å².